The third kappa shape index (κ3) is 5.20. The second-order valence-electron chi connectivity index (χ2n) is 8.72. The van der Waals surface area contributed by atoms with Crippen LogP contribution in [-0.4, -0.2) is 61.3 Å². The fourth-order valence-corrected chi connectivity index (χ4v) is 4.29. The number of carbonyl (C=O) groups is 1. The van der Waals surface area contributed by atoms with Crippen molar-refractivity contribution < 1.29 is 19.0 Å². The van der Waals surface area contributed by atoms with Gasteiger partial charge in [0.15, 0.2) is 11.5 Å². The van der Waals surface area contributed by atoms with Crippen LogP contribution in [0.15, 0.2) is 48.5 Å². The number of carbonyl (C=O) groups excluding carboxylic acids is 1. The molecule has 0 bridgehead atoms. The van der Waals surface area contributed by atoms with Crippen molar-refractivity contribution in [2.45, 2.75) is 32.0 Å². The fraction of sp³-hybridized carbons (Fsp3) is 0.480. The molecule has 1 amide bonds. The predicted molar refractivity (Wildman–Crippen MR) is 117 cm³/mol. The molecule has 2 fully saturated rings. The number of hydrogen-bond acceptors (Lipinski definition) is 5. The van der Waals surface area contributed by atoms with Crippen LogP contribution in [0.3, 0.4) is 0 Å². The molecule has 1 aliphatic carbocycles. The van der Waals surface area contributed by atoms with Gasteiger partial charge in [-0.2, -0.15) is 0 Å². The highest BCUT2D eigenvalue weighted by atomic mass is 16.6. The van der Waals surface area contributed by atoms with E-state index in [2.05, 4.69) is 29.2 Å². The molecule has 0 aromatic heterocycles. The topological polar surface area (TPSA) is 51.2 Å². The van der Waals surface area contributed by atoms with E-state index in [1.165, 1.54) is 18.4 Å². The Morgan fingerprint density at radius 3 is 2.58 bits per heavy atom. The van der Waals surface area contributed by atoms with Crippen molar-refractivity contribution in [3.05, 3.63) is 59.7 Å². The van der Waals surface area contributed by atoms with Crippen LogP contribution in [0.5, 0.6) is 11.5 Å². The molecule has 2 aromatic rings. The lowest BCUT2D eigenvalue weighted by atomic mass is 10.1. The number of ether oxygens (including phenoxy) is 3. The summed E-state index contributed by atoms with van der Waals surface area (Å²) in [5.74, 6) is 2.26. The van der Waals surface area contributed by atoms with E-state index in [0.717, 1.165) is 36.7 Å². The molecule has 0 N–H and O–H groups in total. The highest BCUT2D eigenvalue weighted by Crippen LogP contribution is 2.33. The molecule has 1 saturated carbocycles. The second kappa shape index (κ2) is 9.28. The van der Waals surface area contributed by atoms with Gasteiger partial charge in [-0.25, -0.2) is 0 Å². The minimum absolute atomic E-state index is 0.0968. The highest BCUT2D eigenvalue weighted by molar-refractivity contribution is 5.81. The van der Waals surface area contributed by atoms with Crippen LogP contribution in [0.2, 0.25) is 0 Å². The van der Waals surface area contributed by atoms with E-state index in [1.54, 1.807) is 0 Å². The zero-order chi connectivity index (χ0) is 21.0. The molecule has 3 aliphatic rings. The van der Waals surface area contributed by atoms with Crippen LogP contribution in [-0.2, 0) is 22.6 Å². The molecule has 1 saturated heterocycles. The van der Waals surface area contributed by atoms with Gasteiger partial charge >= 0.3 is 0 Å². The van der Waals surface area contributed by atoms with Gasteiger partial charge in [0.25, 0.3) is 5.91 Å². The lowest BCUT2D eigenvalue weighted by Gasteiger charge is -2.35. The monoisotopic (exact) mass is 422 g/mol. The van der Waals surface area contributed by atoms with Crippen molar-refractivity contribution in [2.75, 3.05) is 39.5 Å². The minimum Gasteiger partial charge on any atom is -0.486 e. The van der Waals surface area contributed by atoms with Gasteiger partial charge in [-0.1, -0.05) is 36.4 Å². The molecule has 1 atom stereocenters. The van der Waals surface area contributed by atoms with Gasteiger partial charge in [0.2, 0.25) is 0 Å². The van der Waals surface area contributed by atoms with E-state index in [-0.39, 0.29) is 5.91 Å². The standard InChI is InChI=1S/C25H30N2O4/c28-25(24-18-26(10-11-29-24)15-19-4-2-1-3-5-19)27(16-20-6-7-20)17-21-8-9-22-23(14-21)31-13-12-30-22/h1-5,8-9,14,20,24H,6-7,10-13,15-18H2. The van der Waals surface area contributed by atoms with Crippen LogP contribution in [0.1, 0.15) is 24.0 Å². The summed E-state index contributed by atoms with van der Waals surface area (Å²) in [7, 11) is 0. The maximum absolute atomic E-state index is 13.5. The number of amides is 1. The first kappa shape index (κ1) is 20.3. The van der Waals surface area contributed by atoms with Gasteiger partial charge in [-0.05, 0) is 42.0 Å². The van der Waals surface area contributed by atoms with Gasteiger partial charge in [0, 0.05) is 32.7 Å². The molecular formula is C25H30N2O4. The lowest BCUT2D eigenvalue weighted by molar-refractivity contribution is -0.150. The van der Waals surface area contributed by atoms with Gasteiger partial charge in [-0.3, -0.25) is 9.69 Å². The van der Waals surface area contributed by atoms with Crippen molar-refractivity contribution in [3.63, 3.8) is 0 Å². The van der Waals surface area contributed by atoms with Crippen LogP contribution in [0.25, 0.3) is 0 Å². The Morgan fingerprint density at radius 1 is 0.968 bits per heavy atom. The molecule has 2 heterocycles. The summed E-state index contributed by atoms with van der Waals surface area (Å²) >= 11 is 0. The molecule has 1 unspecified atom stereocenters. The Labute approximate surface area is 183 Å². The fourth-order valence-electron chi connectivity index (χ4n) is 4.29. The summed E-state index contributed by atoms with van der Waals surface area (Å²) in [6, 6.07) is 16.4. The zero-order valence-electron chi connectivity index (χ0n) is 17.9. The Kier molecular flexibility index (Phi) is 6.09. The van der Waals surface area contributed by atoms with E-state index >= 15 is 0 Å². The van der Waals surface area contributed by atoms with Crippen molar-refractivity contribution in [3.8, 4) is 11.5 Å². The van der Waals surface area contributed by atoms with E-state index in [0.29, 0.717) is 38.8 Å². The van der Waals surface area contributed by atoms with E-state index < -0.39 is 6.10 Å². The Balaban J connectivity index is 1.26. The van der Waals surface area contributed by atoms with Crippen LogP contribution >= 0.6 is 0 Å². The first-order valence-electron chi connectivity index (χ1n) is 11.3. The third-order valence-corrected chi connectivity index (χ3v) is 6.14. The molecule has 6 nitrogen and oxygen atoms in total. The molecule has 2 aliphatic heterocycles. The van der Waals surface area contributed by atoms with Crippen molar-refractivity contribution in [2.24, 2.45) is 5.92 Å². The van der Waals surface area contributed by atoms with Crippen LogP contribution in [0, 0.1) is 5.92 Å². The number of rotatable bonds is 7. The number of fused-ring (bicyclic) bond motifs is 1. The molecule has 0 radical (unpaired) electrons. The maximum atomic E-state index is 13.5. The minimum atomic E-state index is -0.409. The van der Waals surface area contributed by atoms with Crippen molar-refractivity contribution in [1.82, 2.24) is 9.80 Å². The van der Waals surface area contributed by atoms with E-state index in [4.69, 9.17) is 14.2 Å². The van der Waals surface area contributed by atoms with Gasteiger partial charge in [0.05, 0.1) is 6.61 Å². The normalized spacial score (nSPS) is 21.0. The Bertz CT molecular complexity index is 900. The van der Waals surface area contributed by atoms with Crippen molar-refractivity contribution >= 4 is 5.91 Å². The summed E-state index contributed by atoms with van der Waals surface area (Å²) in [6.45, 7) is 5.44. The molecule has 0 spiro atoms. The summed E-state index contributed by atoms with van der Waals surface area (Å²) < 4.78 is 17.3. The lowest BCUT2D eigenvalue weighted by Crippen LogP contribution is -2.51. The molecule has 31 heavy (non-hydrogen) atoms. The summed E-state index contributed by atoms with van der Waals surface area (Å²) in [4.78, 5) is 17.8. The summed E-state index contributed by atoms with van der Waals surface area (Å²) in [5.41, 5.74) is 2.33. The molecule has 6 heteroatoms. The second-order valence-corrected chi connectivity index (χ2v) is 8.72. The SMILES string of the molecule is O=C(C1CN(Cc2ccccc2)CCO1)N(Cc1ccc2c(c1)OCCO2)CC1CC1. The van der Waals surface area contributed by atoms with Gasteiger partial charge in [-0.15, -0.1) is 0 Å². The van der Waals surface area contributed by atoms with Gasteiger partial charge < -0.3 is 19.1 Å². The quantitative estimate of drug-likeness (QED) is 0.686. The molecule has 164 valence electrons. The number of morpholine rings is 1. The highest BCUT2D eigenvalue weighted by Gasteiger charge is 2.33. The van der Waals surface area contributed by atoms with E-state index in [9.17, 15) is 4.79 Å². The van der Waals surface area contributed by atoms with Crippen molar-refractivity contribution in [1.29, 1.82) is 0 Å². The zero-order valence-corrected chi connectivity index (χ0v) is 17.9. The molecule has 2 aromatic carbocycles. The summed E-state index contributed by atoms with van der Waals surface area (Å²) in [5, 5.41) is 0. The predicted octanol–water partition coefficient (Wildman–Crippen LogP) is 3.10. The van der Waals surface area contributed by atoms with Crippen LogP contribution < -0.4 is 9.47 Å². The largest absolute Gasteiger partial charge is 0.486 e. The molecule has 5 rings (SSSR count). The summed E-state index contributed by atoms with van der Waals surface area (Å²) in [6.07, 6.45) is 2.00. The number of hydrogen-bond donors (Lipinski definition) is 0. The maximum Gasteiger partial charge on any atom is 0.253 e. The smallest absolute Gasteiger partial charge is 0.253 e. The number of nitrogens with zero attached hydrogens (tertiary/aromatic N) is 2. The number of benzene rings is 2. The third-order valence-electron chi connectivity index (χ3n) is 6.14. The van der Waals surface area contributed by atoms with Crippen LogP contribution in [0.4, 0.5) is 0 Å². The first-order valence-corrected chi connectivity index (χ1v) is 11.3. The average molecular weight is 423 g/mol. The Hall–Kier alpha value is -2.57. The van der Waals surface area contributed by atoms with Gasteiger partial charge in [0.1, 0.15) is 19.3 Å². The molecular weight excluding hydrogens is 392 g/mol. The average Bonchev–Trinajstić information content (AvgIpc) is 3.63. The first-order chi connectivity index (χ1) is 15.2. The Morgan fingerprint density at radius 2 is 1.77 bits per heavy atom. The van der Waals surface area contributed by atoms with E-state index in [1.807, 2.05) is 29.2 Å².